The number of hydrogen-bond acceptors (Lipinski definition) is 6. The second-order valence-electron chi connectivity index (χ2n) is 5.33. The first-order valence-electron chi connectivity index (χ1n) is 7.15. The van der Waals surface area contributed by atoms with Crippen LogP contribution in [0, 0.1) is 5.82 Å². The van der Waals surface area contributed by atoms with E-state index >= 15 is 0 Å². The molecule has 23 heavy (non-hydrogen) atoms. The van der Waals surface area contributed by atoms with Gasteiger partial charge in [0, 0.05) is 12.4 Å². The third-order valence-corrected chi connectivity index (χ3v) is 3.63. The Labute approximate surface area is 131 Å². The van der Waals surface area contributed by atoms with Gasteiger partial charge in [-0.3, -0.25) is 4.99 Å². The Morgan fingerprint density at radius 1 is 1.57 bits per heavy atom. The summed E-state index contributed by atoms with van der Waals surface area (Å²) in [6, 6.07) is 1.55. The first-order chi connectivity index (χ1) is 11.1. The number of aliphatic imine (C=N–C) groups is 1. The van der Waals surface area contributed by atoms with E-state index in [1.807, 2.05) is 6.20 Å². The standard InChI is InChI=1S/C15H16FN5O2/c1-23-15(22)13(20-17)6-18-5-11-8-21-7-10(9-2-3-9)4-12(16)14(21)19-11/h4,6-9H,2-3,5,17H2,1H3. The summed E-state index contributed by atoms with van der Waals surface area (Å²) in [4.78, 5) is 19.5. The number of imidazole rings is 1. The number of ether oxygens (including phenoxy) is 1. The van der Waals surface area contributed by atoms with Gasteiger partial charge in [0.1, 0.15) is 0 Å². The lowest BCUT2D eigenvalue weighted by Crippen LogP contribution is -2.19. The zero-order chi connectivity index (χ0) is 16.4. The second-order valence-corrected chi connectivity index (χ2v) is 5.33. The quantitative estimate of drug-likeness (QED) is 0.390. The van der Waals surface area contributed by atoms with E-state index in [2.05, 4.69) is 19.8 Å². The predicted molar refractivity (Wildman–Crippen MR) is 83.0 cm³/mol. The fraction of sp³-hybridized carbons (Fsp3) is 0.333. The van der Waals surface area contributed by atoms with Gasteiger partial charge >= 0.3 is 5.97 Å². The molecule has 0 saturated heterocycles. The van der Waals surface area contributed by atoms with Crippen molar-refractivity contribution < 1.29 is 13.9 Å². The molecule has 1 fully saturated rings. The molecule has 2 aromatic heterocycles. The molecule has 8 heteroatoms. The Morgan fingerprint density at radius 3 is 3.00 bits per heavy atom. The highest BCUT2D eigenvalue weighted by atomic mass is 19.1. The van der Waals surface area contributed by atoms with Crippen LogP contribution >= 0.6 is 0 Å². The van der Waals surface area contributed by atoms with Crippen LogP contribution < -0.4 is 5.84 Å². The number of rotatable bonds is 5. The molecule has 1 aliphatic rings. The summed E-state index contributed by atoms with van der Waals surface area (Å²) in [6.45, 7) is 0.176. The minimum Gasteiger partial charge on any atom is -0.464 e. The minimum atomic E-state index is -0.675. The Kier molecular flexibility index (Phi) is 4.05. The lowest BCUT2D eigenvalue weighted by Gasteiger charge is -2.00. The summed E-state index contributed by atoms with van der Waals surface area (Å²) in [6.07, 6.45) is 7.04. The van der Waals surface area contributed by atoms with Crippen molar-refractivity contribution >= 4 is 23.5 Å². The summed E-state index contributed by atoms with van der Waals surface area (Å²) >= 11 is 0. The third kappa shape index (κ3) is 3.20. The Morgan fingerprint density at radius 2 is 2.35 bits per heavy atom. The molecule has 2 heterocycles. The summed E-state index contributed by atoms with van der Waals surface area (Å²) in [5.74, 6) is 4.53. The van der Waals surface area contributed by atoms with E-state index in [1.54, 1.807) is 16.7 Å². The third-order valence-electron chi connectivity index (χ3n) is 3.63. The van der Waals surface area contributed by atoms with Crippen LogP contribution in [0.25, 0.3) is 5.65 Å². The summed E-state index contributed by atoms with van der Waals surface area (Å²) in [7, 11) is 1.23. The Bertz CT molecular complexity index is 808. The van der Waals surface area contributed by atoms with Gasteiger partial charge in [-0.1, -0.05) is 0 Å². The summed E-state index contributed by atoms with van der Waals surface area (Å²) in [5.41, 5.74) is 1.73. The molecule has 0 bridgehead atoms. The van der Waals surface area contributed by atoms with Crippen LogP contribution in [0.4, 0.5) is 4.39 Å². The van der Waals surface area contributed by atoms with Crippen LogP contribution in [0.5, 0.6) is 0 Å². The first-order valence-corrected chi connectivity index (χ1v) is 7.15. The molecule has 0 aliphatic heterocycles. The van der Waals surface area contributed by atoms with Gasteiger partial charge in [0.2, 0.25) is 0 Å². The number of halogens is 1. The first kappa shape index (κ1) is 15.1. The van der Waals surface area contributed by atoms with E-state index in [0.717, 1.165) is 18.4 Å². The minimum absolute atomic E-state index is 0.0986. The lowest BCUT2D eigenvalue weighted by molar-refractivity contribution is -0.132. The van der Waals surface area contributed by atoms with E-state index in [4.69, 9.17) is 5.84 Å². The molecule has 0 unspecified atom stereocenters. The fourth-order valence-electron chi connectivity index (χ4n) is 2.31. The average Bonchev–Trinajstić information content (AvgIpc) is 3.31. The number of pyridine rings is 1. The van der Waals surface area contributed by atoms with E-state index in [9.17, 15) is 9.18 Å². The lowest BCUT2D eigenvalue weighted by atomic mass is 10.2. The van der Waals surface area contributed by atoms with Gasteiger partial charge in [-0.25, -0.2) is 14.2 Å². The molecule has 1 saturated carbocycles. The highest BCUT2D eigenvalue weighted by molar-refractivity contribution is 6.59. The SMILES string of the molecule is COC(=O)C(C=NCc1cn2cc(C3CC3)cc(F)c2n1)=NN. The number of hydrogen-bond donors (Lipinski definition) is 1. The summed E-state index contributed by atoms with van der Waals surface area (Å²) < 4.78 is 20.3. The van der Waals surface area contributed by atoms with Gasteiger partial charge < -0.3 is 15.0 Å². The maximum absolute atomic E-state index is 14.1. The zero-order valence-electron chi connectivity index (χ0n) is 12.6. The molecule has 3 rings (SSSR count). The number of hydrazone groups is 1. The molecule has 7 nitrogen and oxygen atoms in total. The van der Waals surface area contributed by atoms with Crippen LogP contribution in [-0.2, 0) is 16.1 Å². The number of aromatic nitrogens is 2. The van der Waals surface area contributed by atoms with Crippen LogP contribution in [0.3, 0.4) is 0 Å². The Balaban J connectivity index is 1.78. The van der Waals surface area contributed by atoms with E-state index < -0.39 is 5.97 Å². The van der Waals surface area contributed by atoms with Crippen molar-refractivity contribution in [1.82, 2.24) is 9.38 Å². The highest BCUT2D eigenvalue weighted by Crippen LogP contribution is 2.40. The maximum Gasteiger partial charge on any atom is 0.360 e. The van der Waals surface area contributed by atoms with Crippen molar-refractivity contribution in [3.05, 3.63) is 35.5 Å². The maximum atomic E-state index is 14.1. The molecule has 1 aliphatic carbocycles. The smallest absolute Gasteiger partial charge is 0.360 e. The number of nitrogens with zero attached hydrogens (tertiary/aromatic N) is 4. The van der Waals surface area contributed by atoms with Crippen molar-refractivity contribution in [3.63, 3.8) is 0 Å². The van der Waals surface area contributed by atoms with Crippen molar-refractivity contribution in [2.45, 2.75) is 25.3 Å². The molecule has 120 valence electrons. The van der Waals surface area contributed by atoms with Crippen molar-refractivity contribution in [3.8, 4) is 0 Å². The molecular formula is C15H16FN5O2. The van der Waals surface area contributed by atoms with Gasteiger partial charge in [-0.2, -0.15) is 5.10 Å². The molecule has 0 aromatic carbocycles. The summed E-state index contributed by atoms with van der Waals surface area (Å²) in [5, 5.41) is 3.29. The van der Waals surface area contributed by atoms with Crippen molar-refractivity contribution in [2.75, 3.05) is 7.11 Å². The molecule has 0 radical (unpaired) electrons. The molecule has 2 N–H and O–H groups in total. The molecule has 0 spiro atoms. The topological polar surface area (TPSA) is 94.3 Å². The normalized spacial score (nSPS) is 15.5. The van der Waals surface area contributed by atoms with E-state index in [1.165, 1.54) is 13.3 Å². The highest BCUT2D eigenvalue weighted by Gasteiger charge is 2.25. The van der Waals surface area contributed by atoms with Gasteiger partial charge in [0.15, 0.2) is 17.2 Å². The number of carbonyl (C=O) groups excluding carboxylic acids is 1. The number of carbonyl (C=O) groups is 1. The predicted octanol–water partition coefficient (Wildman–Crippen LogP) is 1.41. The van der Waals surface area contributed by atoms with Crippen molar-refractivity contribution in [2.24, 2.45) is 15.9 Å². The second kappa shape index (κ2) is 6.15. The van der Waals surface area contributed by atoms with Gasteiger partial charge in [-0.15, -0.1) is 0 Å². The fourth-order valence-corrected chi connectivity index (χ4v) is 2.31. The number of esters is 1. The van der Waals surface area contributed by atoms with E-state index in [-0.39, 0.29) is 23.7 Å². The van der Waals surface area contributed by atoms with Crippen LogP contribution in [0.15, 0.2) is 28.6 Å². The van der Waals surface area contributed by atoms with Gasteiger partial charge in [0.25, 0.3) is 0 Å². The number of nitrogens with two attached hydrogens (primary N) is 1. The van der Waals surface area contributed by atoms with Crippen LogP contribution in [-0.4, -0.2) is 34.4 Å². The Hall–Kier alpha value is -2.77. The molecule has 0 atom stereocenters. The van der Waals surface area contributed by atoms with Gasteiger partial charge in [0.05, 0.1) is 25.6 Å². The number of fused-ring (bicyclic) bond motifs is 1. The van der Waals surface area contributed by atoms with Crippen LogP contribution in [0.2, 0.25) is 0 Å². The molecule has 2 aromatic rings. The monoisotopic (exact) mass is 317 g/mol. The van der Waals surface area contributed by atoms with Crippen molar-refractivity contribution in [1.29, 1.82) is 0 Å². The molecule has 0 amide bonds. The van der Waals surface area contributed by atoms with Gasteiger partial charge in [-0.05, 0) is 30.4 Å². The number of methoxy groups -OCH3 is 1. The average molecular weight is 317 g/mol. The zero-order valence-corrected chi connectivity index (χ0v) is 12.6. The molecular weight excluding hydrogens is 301 g/mol. The largest absolute Gasteiger partial charge is 0.464 e. The van der Waals surface area contributed by atoms with Crippen LogP contribution in [0.1, 0.15) is 30.0 Å². The van der Waals surface area contributed by atoms with E-state index in [0.29, 0.717) is 11.6 Å².